The Balaban J connectivity index is 2.05. The van der Waals surface area contributed by atoms with E-state index >= 15 is 0 Å². The van der Waals surface area contributed by atoms with Gasteiger partial charge in [0.25, 0.3) is 0 Å². The first-order valence-electron chi connectivity index (χ1n) is 6.65. The summed E-state index contributed by atoms with van der Waals surface area (Å²) in [4.78, 5) is 0. The van der Waals surface area contributed by atoms with E-state index in [-0.39, 0.29) is 6.04 Å². The van der Waals surface area contributed by atoms with Gasteiger partial charge in [-0.15, -0.1) is 0 Å². The molecule has 2 atom stereocenters. The van der Waals surface area contributed by atoms with Crippen LogP contribution in [-0.4, -0.2) is 49.7 Å². The summed E-state index contributed by atoms with van der Waals surface area (Å²) >= 11 is 0. The summed E-state index contributed by atoms with van der Waals surface area (Å²) in [6, 6.07) is 5.89. The summed E-state index contributed by atoms with van der Waals surface area (Å²) in [6.07, 6.45) is 0. The predicted molar refractivity (Wildman–Crippen MR) is 79.0 cm³/mol. The highest BCUT2D eigenvalue weighted by Gasteiger charge is 2.17. The summed E-state index contributed by atoms with van der Waals surface area (Å²) in [6.45, 7) is 1.67. The Hall–Kier alpha value is -1.11. The molecule has 1 aliphatic rings. The van der Waals surface area contributed by atoms with E-state index in [2.05, 4.69) is 5.32 Å². The summed E-state index contributed by atoms with van der Waals surface area (Å²) in [5, 5.41) is 3.20. The molecule has 0 aromatic heterocycles. The third kappa shape index (κ3) is 3.94. The van der Waals surface area contributed by atoms with E-state index in [9.17, 15) is 4.21 Å². The van der Waals surface area contributed by atoms with E-state index in [0.29, 0.717) is 31.3 Å². The van der Waals surface area contributed by atoms with Gasteiger partial charge >= 0.3 is 0 Å². The molecule has 1 aromatic carbocycles. The van der Waals surface area contributed by atoms with E-state index in [0.717, 1.165) is 17.1 Å². The monoisotopic (exact) mass is 299 g/mol. The molecule has 2 rings (SSSR count). The zero-order valence-electron chi connectivity index (χ0n) is 11.9. The van der Waals surface area contributed by atoms with Crippen LogP contribution < -0.4 is 14.8 Å². The second-order valence-corrected chi connectivity index (χ2v) is 6.17. The lowest BCUT2D eigenvalue weighted by Crippen LogP contribution is -2.25. The predicted octanol–water partition coefficient (Wildman–Crippen LogP) is 1.11. The maximum atomic E-state index is 12.0. The molecule has 0 saturated carbocycles. The molecular weight excluding hydrogens is 278 g/mol. The smallest absolute Gasteiger partial charge is 0.161 e. The number of hydrogen-bond acceptors (Lipinski definition) is 5. The largest absolute Gasteiger partial charge is 0.486 e. The maximum Gasteiger partial charge on any atom is 0.161 e. The minimum Gasteiger partial charge on any atom is -0.486 e. The van der Waals surface area contributed by atoms with Crippen LogP contribution in [0, 0.1) is 0 Å². The molecular formula is C14H21NO4S. The third-order valence-corrected chi connectivity index (χ3v) is 4.51. The fourth-order valence-corrected chi connectivity index (χ4v) is 3.32. The van der Waals surface area contributed by atoms with Crippen LogP contribution in [0.5, 0.6) is 11.5 Å². The molecule has 6 heteroatoms. The Morgan fingerprint density at radius 3 is 2.80 bits per heavy atom. The average molecular weight is 299 g/mol. The molecule has 0 fully saturated rings. The molecule has 112 valence electrons. The highest BCUT2D eigenvalue weighted by molar-refractivity contribution is 7.85. The van der Waals surface area contributed by atoms with Crippen molar-refractivity contribution in [2.45, 2.75) is 6.04 Å². The summed E-state index contributed by atoms with van der Waals surface area (Å²) in [7, 11) is 2.58. The van der Waals surface area contributed by atoms with Crippen LogP contribution in [0.3, 0.4) is 0 Å². The number of benzene rings is 1. The van der Waals surface area contributed by atoms with Crippen molar-refractivity contribution in [3.63, 3.8) is 0 Å². The number of nitrogens with one attached hydrogen (secondary N) is 1. The van der Waals surface area contributed by atoms with Gasteiger partial charge in [-0.3, -0.25) is 4.21 Å². The Morgan fingerprint density at radius 2 is 2.10 bits per heavy atom. The topological polar surface area (TPSA) is 56.8 Å². The van der Waals surface area contributed by atoms with Gasteiger partial charge in [0.15, 0.2) is 11.5 Å². The fraction of sp³-hybridized carbons (Fsp3) is 0.571. The SMILES string of the molecule is CNC(CS(=O)CCOC)c1ccc2c(c1)OCCO2. The second-order valence-electron chi connectivity index (χ2n) is 4.55. The van der Waals surface area contributed by atoms with Gasteiger partial charge in [0.2, 0.25) is 0 Å². The maximum absolute atomic E-state index is 12.0. The van der Waals surface area contributed by atoms with Gasteiger partial charge in [-0.05, 0) is 24.7 Å². The molecule has 1 aromatic rings. The number of hydrogen-bond donors (Lipinski definition) is 1. The van der Waals surface area contributed by atoms with Crippen LogP contribution in [0.25, 0.3) is 0 Å². The van der Waals surface area contributed by atoms with Crippen LogP contribution in [0.4, 0.5) is 0 Å². The molecule has 0 radical (unpaired) electrons. The average Bonchev–Trinajstić information content (AvgIpc) is 2.50. The van der Waals surface area contributed by atoms with Crippen molar-refractivity contribution in [2.24, 2.45) is 0 Å². The van der Waals surface area contributed by atoms with Gasteiger partial charge < -0.3 is 19.5 Å². The van der Waals surface area contributed by atoms with Gasteiger partial charge in [-0.25, -0.2) is 0 Å². The molecule has 1 aliphatic heterocycles. The molecule has 0 amide bonds. The number of ether oxygens (including phenoxy) is 3. The van der Waals surface area contributed by atoms with Crippen molar-refractivity contribution < 1.29 is 18.4 Å². The minimum absolute atomic E-state index is 0.0310. The molecule has 0 spiro atoms. The van der Waals surface area contributed by atoms with E-state index in [1.165, 1.54) is 0 Å². The first kappa shape index (κ1) is 15.3. The Morgan fingerprint density at radius 1 is 1.35 bits per heavy atom. The Kier molecular flexibility index (Phi) is 5.82. The number of fused-ring (bicyclic) bond motifs is 1. The summed E-state index contributed by atoms with van der Waals surface area (Å²) in [5.74, 6) is 2.64. The first-order chi connectivity index (χ1) is 9.74. The van der Waals surface area contributed by atoms with Crippen molar-refractivity contribution in [2.75, 3.05) is 45.5 Å². The van der Waals surface area contributed by atoms with Crippen molar-refractivity contribution in [3.05, 3.63) is 23.8 Å². The van der Waals surface area contributed by atoms with Crippen LogP contribution in [0.2, 0.25) is 0 Å². The van der Waals surface area contributed by atoms with Crippen molar-refractivity contribution in [3.8, 4) is 11.5 Å². The molecule has 20 heavy (non-hydrogen) atoms. The lowest BCUT2D eigenvalue weighted by atomic mass is 10.1. The Labute approximate surface area is 122 Å². The zero-order valence-corrected chi connectivity index (χ0v) is 12.7. The summed E-state index contributed by atoms with van der Waals surface area (Å²) in [5.41, 5.74) is 1.06. The second kappa shape index (κ2) is 7.61. The van der Waals surface area contributed by atoms with E-state index in [1.807, 2.05) is 25.2 Å². The van der Waals surface area contributed by atoms with E-state index in [4.69, 9.17) is 14.2 Å². The molecule has 0 aliphatic carbocycles. The van der Waals surface area contributed by atoms with Crippen LogP contribution >= 0.6 is 0 Å². The van der Waals surface area contributed by atoms with Gasteiger partial charge in [0.05, 0.1) is 6.61 Å². The standard InChI is InChI=1S/C14H21NO4S/c1-15-12(10-20(16)8-7-17-2)11-3-4-13-14(9-11)19-6-5-18-13/h3-4,9,12,15H,5-8,10H2,1-2H3. The minimum atomic E-state index is -0.912. The van der Waals surface area contributed by atoms with E-state index < -0.39 is 10.8 Å². The number of methoxy groups -OCH3 is 1. The molecule has 0 bridgehead atoms. The lowest BCUT2D eigenvalue weighted by Gasteiger charge is -2.22. The highest BCUT2D eigenvalue weighted by Crippen LogP contribution is 2.32. The molecule has 0 saturated heterocycles. The van der Waals surface area contributed by atoms with Crippen molar-refractivity contribution >= 4 is 10.8 Å². The Bertz CT molecular complexity index is 466. The first-order valence-corrected chi connectivity index (χ1v) is 8.14. The van der Waals surface area contributed by atoms with Crippen LogP contribution in [-0.2, 0) is 15.5 Å². The quantitative estimate of drug-likeness (QED) is 0.817. The normalized spacial score (nSPS) is 16.7. The van der Waals surface area contributed by atoms with Gasteiger partial charge in [0.1, 0.15) is 13.2 Å². The summed E-state index contributed by atoms with van der Waals surface area (Å²) < 4.78 is 28.0. The third-order valence-electron chi connectivity index (χ3n) is 3.18. The van der Waals surface area contributed by atoms with Gasteiger partial charge in [-0.2, -0.15) is 0 Å². The van der Waals surface area contributed by atoms with Gasteiger partial charge in [-0.1, -0.05) is 6.07 Å². The molecule has 5 nitrogen and oxygen atoms in total. The van der Waals surface area contributed by atoms with Crippen molar-refractivity contribution in [1.29, 1.82) is 0 Å². The lowest BCUT2D eigenvalue weighted by molar-refractivity contribution is 0.171. The zero-order chi connectivity index (χ0) is 14.4. The van der Waals surface area contributed by atoms with E-state index in [1.54, 1.807) is 7.11 Å². The highest BCUT2D eigenvalue weighted by atomic mass is 32.2. The number of rotatable bonds is 7. The van der Waals surface area contributed by atoms with Crippen LogP contribution in [0.1, 0.15) is 11.6 Å². The molecule has 1 heterocycles. The molecule has 1 N–H and O–H groups in total. The fourth-order valence-electron chi connectivity index (χ4n) is 2.07. The van der Waals surface area contributed by atoms with Crippen molar-refractivity contribution in [1.82, 2.24) is 5.32 Å². The van der Waals surface area contributed by atoms with Gasteiger partial charge in [0, 0.05) is 35.5 Å². The van der Waals surface area contributed by atoms with Crippen LogP contribution in [0.15, 0.2) is 18.2 Å². The molecule has 2 unspecified atom stereocenters.